The second kappa shape index (κ2) is 7.67. The first-order valence-electron chi connectivity index (χ1n) is 8.41. The molecule has 0 amide bonds. The number of hydrogen-bond acceptors (Lipinski definition) is 4. The fraction of sp³-hybridized carbons (Fsp3) is 0.200. The second-order valence-electron chi connectivity index (χ2n) is 6.09. The molecule has 3 aromatic rings. The standard InChI is InChI=1S/C20H16ClF3N2O2/c1-3-28-19(27)16-10-25-17-11(2)7-13(21)9-15(17)18(16)26-14-6-4-5-12(8-14)20(22,23)24/h4-10H,3H2,1-2H3,(H,25,26). The van der Waals surface area contributed by atoms with Gasteiger partial charge in [-0.2, -0.15) is 13.2 Å². The van der Waals surface area contributed by atoms with Crippen molar-refractivity contribution in [2.24, 2.45) is 0 Å². The summed E-state index contributed by atoms with van der Waals surface area (Å²) >= 11 is 6.16. The van der Waals surface area contributed by atoms with Gasteiger partial charge in [0.2, 0.25) is 0 Å². The highest BCUT2D eigenvalue weighted by atomic mass is 35.5. The van der Waals surface area contributed by atoms with Gasteiger partial charge in [0.15, 0.2) is 0 Å². The smallest absolute Gasteiger partial charge is 0.416 e. The number of fused-ring (bicyclic) bond motifs is 1. The number of ether oxygens (including phenoxy) is 1. The van der Waals surface area contributed by atoms with E-state index in [0.717, 1.165) is 17.7 Å². The summed E-state index contributed by atoms with van der Waals surface area (Å²) in [6.07, 6.45) is -3.14. The van der Waals surface area contributed by atoms with Crippen molar-refractivity contribution in [1.29, 1.82) is 0 Å². The van der Waals surface area contributed by atoms with Gasteiger partial charge in [-0.25, -0.2) is 4.79 Å². The molecule has 146 valence electrons. The van der Waals surface area contributed by atoms with Crippen LogP contribution in [-0.2, 0) is 10.9 Å². The van der Waals surface area contributed by atoms with Gasteiger partial charge in [0.05, 0.1) is 23.4 Å². The van der Waals surface area contributed by atoms with Crippen molar-refractivity contribution in [3.8, 4) is 0 Å². The minimum Gasteiger partial charge on any atom is -0.462 e. The van der Waals surface area contributed by atoms with Gasteiger partial charge in [0, 0.05) is 22.3 Å². The van der Waals surface area contributed by atoms with E-state index in [1.165, 1.54) is 18.3 Å². The zero-order valence-corrected chi connectivity index (χ0v) is 15.8. The summed E-state index contributed by atoms with van der Waals surface area (Å²) < 4.78 is 44.2. The maximum Gasteiger partial charge on any atom is 0.416 e. The summed E-state index contributed by atoms with van der Waals surface area (Å²) in [6.45, 7) is 3.61. The number of carbonyl (C=O) groups excluding carboxylic acids is 1. The third-order valence-corrected chi connectivity index (χ3v) is 4.30. The van der Waals surface area contributed by atoms with E-state index in [1.54, 1.807) is 26.0 Å². The average molecular weight is 409 g/mol. The molecule has 2 aromatic carbocycles. The van der Waals surface area contributed by atoms with Crippen LogP contribution in [0.1, 0.15) is 28.4 Å². The van der Waals surface area contributed by atoms with Gasteiger partial charge in [-0.1, -0.05) is 17.7 Å². The van der Waals surface area contributed by atoms with Crippen LogP contribution in [0.4, 0.5) is 24.5 Å². The molecular formula is C20H16ClF3N2O2. The summed E-state index contributed by atoms with van der Waals surface area (Å²) in [5.41, 5.74) is 1.10. The molecule has 0 fully saturated rings. The monoisotopic (exact) mass is 408 g/mol. The zero-order valence-electron chi connectivity index (χ0n) is 15.0. The first-order chi connectivity index (χ1) is 13.2. The first kappa shape index (κ1) is 19.9. The Morgan fingerprint density at radius 3 is 2.68 bits per heavy atom. The highest BCUT2D eigenvalue weighted by Gasteiger charge is 2.30. The molecule has 0 saturated carbocycles. The Morgan fingerprint density at radius 2 is 2.00 bits per heavy atom. The van der Waals surface area contributed by atoms with E-state index in [9.17, 15) is 18.0 Å². The topological polar surface area (TPSA) is 51.2 Å². The number of anilines is 2. The van der Waals surface area contributed by atoms with Crippen LogP contribution in [0, 0.1) is 6.92 Å². The number of aryl methyl sites for hydroxylation is 1. The fourth-order valence-electron chi connectivity index (χ4n) is 2.85. The quantitative estimate of drug-likeness (QED) is 0.527. The van der Waals surface area contributed by atoms with E-state index in [-0.39, 0.29) is 23.5 Å². The lowest BCUT2D eigenvalue weighted by Gasteiger charge is -2.16. The second-order valence-corrected chi connectivity index (χ2v) is 6.53. The van der Waals surface area contributed by atoms with Crippen LogP contribution < -0.4 is 5.32 Å². The zero-order chi connectivity index (χ0) is 20.5. The Bertz CT molecular complexity index is 1050. The van der Waals surface area contributed by atoms with Crippen molar-refractivity contribution in [3.63, 3.8) is 0 Å². The summed E-state index contributed by atoms with van der Waals surface area (Å²) in [5, 5.41) is 3.85. The molecule has 0 atom stereocenters. The summed E-state index contributed by atoms with van der Waals surface area (Å²) in [6, 6.07) is 8.04. The number of nitrogens with one attached hydrogen (secondary N) is 1. The normalized spacial score (nSPS) is 11.5. The Morgan fingerprint density at radius 1 is 1.25 bits per heavy atom. The van der Waals surface area contributed by atoms with Crippen LogP contribution in [0.5, 0.6) is 0 Å². The minimum atomic E-state index is -4.48. The molecule has 0 aliphatic heterocycles. The molecule has 0 radical (unpaired) electrons. The number of carbonyl (C=O) groups is 1. The van der Waals surface area contributed by atoms with Gasteiger partial charge < -0.3 is 10.1 Å². The molecule has 1 aromatic heterocycles. The third-order valence-electron chi connectivity index (χ3n) is 4.08. The maximum atomic E-state index is 13.0. The predicted molar refractivity (Wildman–Crippen MR) is 102 cm³/mol. The van der Waals surface area contributed by atoms with Crippen LogP contribution in [0.2, 0.25) is 5.02 Å². The molecular weight excluding hydrogens is 393 g/mol. The van der Waals surface area contributed by atoms with Crippen LogP contribution in [0.3, 0.4) is 0 Å². The van der Waals surface area contributed by atoms with Crippen molar-refractivity contribution in [3.05, 3.63) is 64.3 Å². The molecule has 0 bridgehead atoms. The highest BCUT2D eigenvalue weighted by Crippen LogP contribution is 2.35. The Hall–Kier alpha value is -2.80. The average Bonchev–Trinajstić information content (AvgIpc) is 2.62. The number of nitrogens with zero attached hydrogens (tertiary/aromatic N) is 1. The number of pyridine rings is 1. The minimum absolute atomic E-state index is 0.105. The summed E-state index contributed by atoms with van der Waals surface area (Å²) in [5.74, 6) is -0.635. The van der Waals surface area contributed by atoms with Crippen molar-refractivity contribution < 1.29 is 22.7 Å². The fourth-order valence-corrected chi connectivity index (χ4v) is 3.12. The van der Waals surface area contributed by atoms with Crippen molar-refractivity contribution in [2.45, 2.75) is 20.0 Å². The molecule has 0 saturated heterocycles. The van der Waals surface area contributed by atoms with Crippen LogP contribution in [0.15, 0.2) is 42.6 Å². The Labute approximate surface area is 164 Å². The lowest BCUT2D eigenvalue weighted by molar-refractivity contribution is -0.137. The summed E-state index contributed by atoms with van der Waals surface area (Å²) in [4.78, 5) is 16.7. The van der Waals surface area contributed by atoms with Gasteiger partial charge in [-0.15, -0.1) is 0 Å². The van der Waals surface area contributed by atoms with E-state index >= 15 is 0 Å². The molecule has 1 heterocycles. The SMILES string of the molecule is CCOC(=O)c1cnc2c(C)cc(Cl)cc2c1Nc1cccc(C(F)(F)F)c1. The molecule has 0 aliphatic rings. The number of esters is 1. The third kappa shape index (κ3) is 4.04. The highest BCUT2D eigenvalue weighted by molar-refractivity contribution is 6.31. The summed E-state index contributed by atoms with van der Waals surface area (Å²) in [7, 11) is 0. The number of halogens is 4. The van der Waals surface area contributed by atoms with E-state index in [2.05, 4.69) is 10.3 Å². The van der Waals surface area contributed by atoms with Crippen molar-refractivity contribution in [2.75, 3.05) is 11.9 Å². The van der Waals surface area contributed by atoms with Gasteiger partial charge in [-0.05, 0) is 49.7 Å². The predicted octanol–water partition coefficient (Wildman–Crippen LogP) is 6.14. The molecule has 0 spiro atoms. The number of aromatic nitrogens is 1. The van der Waals surface area contributed by atoms with Gasteiger partial charge in [0.1, 0.15) is 5.56 Å². The molecule has 0 aliphatic carbocycles. The molecule has 8 heteroatoms. The van der Waals surface area contributed by atoms with Crippen LogP contribution in [0.25, 0.3) is 10.9 Å². The molecule has 1 N–H and O–H groups in total. The molecule has 4 nitrogen and oxygen atoms in total. The molecule has 28 heavy (non-hydrogen) atoms. The van der Waals surface area contributed by atoms with E-state index in [0.29, 0.717) is 15.9 Å². The van der Waals surface area contributed by atoms with E-state index < -0.39 is 17.7 Å². The Kier molecular flexibility index (Phi) is 5.47. The van der Waals surface area contributed by atoms with Gasteiger partial charge in [-0.3, -0.25) is 4.98 Å². The molecule has 3 rings (SSSR count). The van der Waals surface area contributed by atoms with E-state index in [1.807, 2.05) is 0 Å². The van der Waals surface area contributed by atoms with Crippen molar-refractivity contribution in [1.82, 2.24) is 4.98 Å². The Balaban J connectivity index is 2.19. The lowest BCUT2D eigenvalue weighted by Crippen LogP contribution is -2.10. The van der Waals surface area contributed by atoms with E-state index in [4.69, 9.17) is 16.3 Å². The van der Waals surface area contributed by atoms with Crippen molar-refractivity contribution >= 4 is 39.8 Å². The van der Waals surface area contributed by atoms with Gasteiger partial charge in [0.25, 0.3) is 0 Å². The first-order valence-corrected chi connectivity index (χ1v) is 8.78. The largest absolute Gasteiger partial charge is 0.462 e. The number of benzene rings is 2. The van der Waals surface area contributed by atoms with Gasteiger partial charge >= 0.3 is 12.1 Å². The number of rotatable bonds is 4. The molecule has 0 unspecified atom stereocenters. The lowest BCUT2D eigenvalue weighted by atomic mass is 10.1. The van der Waals surface area contributed by atoms with Crippen LogP contribution >= 0.6 is 11.6 Å². The maximum absolute atomic E-state index is 13.0. The van der Waals surface area contributed by atoms with Crippen LogP contribution in [-0.4, -0.2) is 17.6 Å². The number of hydrogen-bond donors (Lipinski definition) is 1. The number of alkyl halides is 3.